The molecule has 2 aromatic carbocycles. The van der Waals surface area contributed by atoms with Gasteiger partial charge in [0, 0.05) is 25.9 Å². The normalized spacial score (nSPS) is 19.1. The van der Waals surface area contributed by atoms with E-state index >= 15 is 0 Å². The van der Waals surface area contributed by atoms with E-state index in [4.69, 9.17) is 13.6 Å². The monoisotopic (exact) mass is 624 g/mol. The molecule has 0 saturated carbocycles. The lowest BCUT2D eigenvalue weighted by atomic mass is 10.0. The van der Waals surface area contributed by atoms with Crippen molar-refractivity contribution >= 4 is 27.0 Å². The van der Waals surface area contributed by atoms with Crippen LogP contribution >= 0.6 is 0 Å². The minimum atomic E-state index is -2.61. The highest BCUT2D eigenvalue weighted by molar-refractivity contribution is 6.99. The van der Waals surface area contributed by atoms with E-state index in [0.29, 0.717) is 23.2 Å². The average Bonchev–Trinajstić information content (AvgIpc) is 2.93. The van der Waals surface area contributed by atoms with E-state index in [2.05, 4.69) is 129 Å². The topological polar surface area (TPSA) is 47.9 Å². The zero-order valence-electron chi connectivity index (χ0n) is 28.7. The van der Waals surface area contributed by atoms with Gasteiger partial charge in [-0.05, 0) is 57.9 Å². The van der Waals surface area contributed by atoms with Gasteiger partial charge in [0.2, 0.25) is 8.32 Å². The first-order valence-corrected chi connectivity index (χ1v) is 20.8. The Bertz CT molecular complexity index is 1060. The largest absolute Gasteiger partial charge is 0.495 e. The zero-order chi connectivity index (χ0) is 31.8. The molecule has 0 saturated heterocycles. The third kappa shape index (κ3) is 8.52. The molecule has 0 unspecified atom stereocenters. The molecule has 6 heteroatoms. The van der Waals surface area contributed by atoms with Crippen LogP contribution < -0.4 is 10.4 Å². The second kappa shape index (κ2) is 15.5. The van der Waals surface area contributed by atoms with Crippen molar-refractivity contribution in [3.05, 3.63) is 72.5 Å². The van der Waals surface area contributed by atoms with Gasteiger partial charge in [0.15, 0.2) is 0 Å². The van der Waals surface area contributed by atoms with E-state index in [1.807, 2.05) is 6.92 Å². The van der Waals surface area contributed by atoms with Crippen LogP contribution in [0.1, 0.15) is 101 Å². The molecule has 1 aliphatic heterocycles. The summed E-state index contributed by atoms with van der Waals surface area (Å²) in [6.45, 7) is 23.6. The van der Waals surface area contributed by atoms with Crippen LogP contribution in [0.2, 0.25) is 21.7 Å². The molecule has 0 fully saturated rings. The summed E-state index contributed by atoms with van der Waals surface area (Å²) >= 11 is 0. The van der Waals surface area contributed by atoms with Crippen molar-refractivity contribution in [3.8, 4) is 0 Å². The van der Waals surface area contributed by atoms with Gasteiger partial charge in [0.05, 0.1) is 18.0 Å². The van der Waals surface area contributed by atoms with E-state index in [0.717, 1.165) is 37.9 Å². The second-order valence-corrected chi connectivity index (χ2v) is 24.3. The zero-order valence-corrected chi connectivity index (χ0v) is 30.7. The Morgan fingerprint density at radius 3 is 1.79 bits per heavy atom. The number of hydrogen-bond acceptors (Lipinski definition) is 4. The first-order valence-electron chi connectivity index (χ1n) is 16.7. The number of rotatable bonds is 15. The molecule has 0 amide bonds. The molecule has 0 spiro atoms. The predicted molar refractivity (Wildman–Crippen MR) is 187 cm³/mol. The molecule has 0 aromatic heterocycles. The fourth-order valence-corrected chi connectivity index (χ4v) is 17.7. The SMILES string of the molecule is CC(C)[Si](O[C@@H]1C=C(CCC[C@H](C)O)O[C@H](CCO[Si](c2ccccc2)(c2ccccc2)C(C)(C)C)C1)(C(C)C)C(C)C. The lowest BCUT2D eigenvalue weighted by Gasteiger charge is -2.46. The number of ether oxygens (including phenoxy) is 1. The van der Waals surface area contributed by atoms with Gasteiger partial charge in [0.25, 0.3) is 8.32 Å². The van der Waals surface area contributed by atoms with Crippen molar-refractivity contribution in [3.63, 3.8) is 0 Å². The van der Waals surface area contributed by atoms with Gasteiger partial charge in [-0.1, -0.05) is 123 Å². The van der Waals surface area contributed by atoms with Crippen molar-refractivity contribution < 1.29 is 18.7 Å². The van der Waals surface area contributed by atoms with E-state index in [-0.39, 0.29) is 23.4 Å². The highest BCUT2D eigenvalue weighted by atomic mass is 28.4. The number of aliphatic hydroxyl groups is 1. The van der Waals surface area contributed by atoms with Crippen molar-refractivity contribution in [2.24, 2.45) is 0 Å². The fourth-order valence-electron chi connectivity index (χ4n) is 7.58. The third-order valence-corrected chi connectivity index (χ3v) is 20.6. The molecule has 2 aromatic rings. The van der Waals surface area contributed by atoms with Gasteiger partial charge in [-0.2, -0.15) is 0 Å². The van der Waals surface area contributed by atoms with Crippen molar-refractivity contribution in [1.82, 2.24) is 0 Å². The lowest BCUT2D eigenvalue weighted by molar-refractivity contribution is 0.0277. The highest BCUT2D eigenvalue weighted by Gasteiger charge is 2.50. The summed E-state index contributed by atoms with van der Waals surface area (Å²) in [4.78, 5) is 0. The van der Waals surface area contributed by atoms with Gasteiger partial charge in [0.1, 0.15) is 6.10 Å². The van der Waals surface area contributed by atoms with Crippen molar-refractivity contribution in [2.45, 2.75) is 141 Å². The maximum Gasteiger partial charge on any atom is 0.261 e. The molecule has 4 nitrogen and oxygen atoms in total. The molecular formula is C37H60O4Si2. The summed E-state index contributed by atoms with van der Waals surface area (Å²) in [5.41, 5.74) is 1.58. The molecule has 1 heterocycles. The second-order valence-electron chi connectivity index (χ2n) is 14.6. The first kappa shape index (κ1) is 35.8. The average molecular weight is 625 g/mol. The maximum absolute atomic E-state index is 9.88. The fraction of sp³-hybridized carbons (Fsp3) is 0.622. The van der Waals surface area contributed by atoms with E-state index in [9.17, 15) is 5.11 Å². The Morgan fingerprint density at radius 2 is 1.35 bits per heavy atom. The number of allylic oxidation sites excluding steroid dienone is 1. The van der Waals surface area contributed by atoms with E-state index in [1.54, 1.807) is 0 Å². The summed E-state index contributed by atoms with van der Waals surface area (Å²) in [5, 5.41) is 12.4. The molecule has 1 N–H and O–H groups in total. The van der Waals surface area contributed by atoms with Gasteiger partial charge in [-0.15, -0.1) is 0 Å². The van der Waals surface area contributed by atoms with E-state index in [1.165, 1.54) is 10.4 Å². The van der Waals surface area contributed by atoms with Gasteiger partial charge in [-0.25, -0.2) is 0 Å². The Hall–Kier alpha value is -1.71. The Labute approximate surface area is 265 Å². The minimum Gasteiger partial charge on any atom is -0.495 e. The number of hydrogen-bond donors (Lipinski definition) is 1. The van der Waals surface area contributed by atoms with Crippen LogP contribution in [0.15, 0.2) is 72.5 Å². The Morgan fingerprint density at radius 1 is 0.837 bits per heavy atom. The summed E-state index contributed by atoms with van der Waals surface area (Å²) in [5.74, 6) is 1.02. The molecule has 240 valence electrons. The smallest absolute Gasteiger partial charge is 0.261 e. The van der Waals surface area contributed by atoms with Crippen LogP contribution in [0.3, 0.4) is 0 Å². The summed E-state index contributed by atoms with van der Waals surface area (Å²) in [6.07, 6.45) is 6.23. The predicted octanol–water partition coefficient (Wildman–Crippen LogP) is 8.74. The first-order chi connectivity index (χ1) is 20.2. The molecule has 43 heavy (non-hydrogen) atoms. The third-order valence-electron chi connectivity index (χ3n) is 9.47. The molecule has 3 atom stereocenters. The van der Waals surface area contributed by atoms with Gasteiger partial charge < -0.3 is 18.7 Å². The Kier molecular flexibility index (Phi) is 12.9. The molecule has 3 rings (SSSR count). The molecular weight excluding hydrogens is 565 g/mol. The van der Waals surface area contributed by atoms with Crippen LogP contribution in [0.5, 0.6) is 0 Å². The van der Waals surface area contributed by atoms with Crippen molar-refractivity contribution in [2.75, 3.05) is 6.61 Å². The molecule has 1 aliphatic rings. The van der Waals surface area contributed by atoms with E-state index < -0.39 is 16.6 Å². The summed E-state index contributed by atoms with van der Waals surface area (Å²) in [7, 11) is -4.67. The Balaban J connectivity index is 1.88. The van der Waals surface area contributed by atoms with Gasteiger partial charge in [-0.3, -0.25) is 0 Å². The van der Waals surface area contributed by atoms with Crippen LogP contribution in [0.4, 0.5) is 0 Å². The summed E-state index contributed by atoms with van der Waals surface area (Å²) < 4.78 is 21.2. The van der Waals surface area contributed by atoms with Crippen LogP contribution in [-0.2, 0) is 13.6 Å². The minimum absolute atomic E-state index is 0.0351. The maximum atomic E-state index is 9.88. The summed E-state index contributed by atoms with van der Waals surface area (Å²) in [6, 6.07) is 21.7. The van der Waals surface area contributed by atoms with Crippen LogP contribution in [0, 0.1) is 0 Å². The van der Waals surface area contributed by atoms with Crippen LogP contribution in [-0.4, -0.2) is 46.7 Å². The van der Waals surface area contributed by atoms with Gasteiger partial charge >= 0.3 is 0 Å². The molecule has 0 aliphatic carbocycles. The quantitative estimate of drug-likeness (QED) is 0.201. The number of aliphatic hydroxyl groups excluding tert-OH is 1. The molecule has 0 bridgehead atoms. The lowest BCUT2D eigenvalue weighted by Crippen LogP contribution is -2.66. The number of benzene rings is 2. The molecule has 0 radical (unpaired) electrons. The standard InChI is InChI=1S/C37H60O4Si2/c1-28(2)42(29(3)4,30(5)6)41-34-26-32(19-17-18-31(7)38)40-33(27-34)24-25-39-43(37(8,9)10,35-20-13-11-14-21-35)36-22-15-12-16-23-36/h11-16,20-23,26,28-31,33-34,38H,17-19,24-25,27H2,1-10H3/t31-,33+,34+/m0/s1. The highest BCUT2D eigenvalue weighted by Crippen LogP contribution is 2.44. The van der Waals surface area contributed by atoms with Crippen LogP contribution in [0.25, 0.3) is 0 Å². The van der Waals surface area contributed by atoms with Crippen molar-refractivity contribution in [1.29, 1.82) is 0 Å².